The molecule has 0 unspecified atom stereocenters. The van der Waals surface area contributed by atoms with Crippen molar-refractivity contribution >= 4 is 14.7 Å². The molecule has 0 fully saturated rings. The molecule has 128 valence electrons. The molecule has 1 aromatic heterocycles. The average Bonchev–Trinajstić information content (AvgIpc) is 3.13. The van der Waals surface area contributed by atoms with Crippen molar-refractivity contribution in [3.63, 3.8) is 0 Å². The van der Waals surface area contributed by atoms with Crippen molar-refractivity contribution in [1.82, 2.24) is 14.1 Å². The minimum atomic E-state index is 0.0874. The van der Waals surface area contributed by atoms with E-state index in [1.54, 1.807) is 7.11 Å². The molecule has 0 spiro atoms. The molecule has 0 saturated heterocycles. The minimum absolute atomic E-state index is 0.0874. The molecule has 0 radical (unpaired) electrons. The first-order valence-electron chi connectivity index (χ1n) is 8.43. The quantitative estimate of drug-likeness (QED) is 0.634. The first kappa shape index (κ1) is 16.5. The molecule has 0 saturated carbocycles. The summed E-state index contributed by atoms with van der Waals surface area (Å²) in [7, 11) is 3.93. The number of likely N-dealkylation sites (N-methyl/N-ethyl adjacent to an activating group) is 1. The van der Waals surface area contributed by atoms with Crippen molar-refractivity contribution in [2.75, 3.05) is 14.2 Å². The standard InChI is InChI=1S/C20H21N3OSe/c1-13-17-20(25-22-21-17)19(15-9-11-16(24-3)12-10-15)23(2)18(13)14-7-5-4-6-8-14/h4-13,18-19H,1-3H3/t13-,18-,19-/m0/s1. The van der Waals surface area contributed by atoms with Crippen molar-refractivity contribution in [3.8, 4) is 5.75 Å². The van der Waals surface area contributed by atoms with E-state index >= 15 is 0 Å². The molecule has 5 heteroatoms. The van der Waals surface area contributed by atoms with Crippen LogP contribution in [0.15, 0.2) is 54.6 Å². The normalized spacial score (nSPS) is 23.2. The first-order valence-corrected chi connectivity index (χ1v) is 10.1. The van der Waals surface area contributed by atoms with Gasteiger partial charge in [-0.1, -0.05) is 0 Å². The number of hydrogen-bond acceptors (Lipinski definition) is 4. The second-order valence-electron chi connectivity index (χ2n) is 6.51. The SMILES string of the molecule is COc1ccc([C@H]2c3[se]nnc3[C@H](C)[C@@H](c3ccccc3)N2C)cc1. The predicted octanol–water partition coefficient (Wildman–Crippen LogP) is 3.42. The van der Waals surface area contributed by atoms with Crippen LogP contribution in [0.3, 0.4) is 0 Å². The summed E-state index contributed by atoms with van der Waals surface area (Å²) in [5.74, 6) is 1.22. The molecule has 0 N–H and O–H groups in total. The van der Waals surface area contributed by atoms with E-state index in [1.165, 1.54) is 21.3 Å². The van der Waals surface area contributed by atoms with Crippen molar-refractivity contribution in [1.29, 1.82) is 0 Å². The number of ether oxygens (including phenoxy) is 1. The second-order valence-corrected chi connectivity index (χ2v) is 8.16. The van der Waals surface area contributed by atoms with E-state index in [0.717, 1.165) is 5.75 Å². The summed E-state index contributed by atoms with van der Waals surface area (Å²) in [6.45, 7) is 2.27. The molecule has 0 aliphatic carbocycles. The third kappa shape index (κ3) is 2.82. The van der Waals surface area contributed by atoms with E-state index in [-0.39, 0.29) is 20.8 Å². The third-order valence-electron chi connectivity index (χ3n) is 5.11. The molecule has 25 heavy (non-hydrogen) atoms. The molecule has 2 heterocycles. The van der Waals surface area contributed by atoms with Crippen molar-refractivity contribution in [3.05, 3.63) is 75.9 Å². The first-order chi connectivity index (χ1) is 12.2. The van der Waals surface area contributed by atoms with Gasteiger partial charge in [-0.25, -0.2) is 0 Å². The summed E-state index contributed by atoms with van der Waals surface area (Å²) < 4.78 is 11.1. The van der Waals surface area contributed by atoms with Crippen LogP contribution >= 0.6 is 0 Å². The van der Waals surface area contributed by atoms with Crippen LogP contribution in [0.4, 0.5) is 0 Å². The zero-order valence-electron chi connectivity index (χ0n) is 14.6. The number of aromatic nitrogens is 2. The summed E-state index contributed by atoms with van der Waals surface area (Å²) in [6, 6.07) is 19.6. The number of benzene rings is 2. The summed E-state index contributed by atoms with van der Waals surface area (Å²) >= 11 is 0.0874. The van der Waals surface area contributed by atoms with E-state index in [4.69, 9.17) is 4.74 Å². The van der Waals surface area contributed by atoms with Crippen molar-refractivity contribution < 1.29 is 4.74 Å². The molecule has 0 amide bonds. The Balaban J connectivity index is 1.81. The Kier molecular flexibility index (Phi) is 4.46. The van der Waals surface area contributed by atoms with Gasteiger partial charge in [0.2, 0.25) is 0 Å². The van der Waals surface area contributed by atoms with Crippen LogP contribution in [0.25, 0.3) is 0 Å². The van der Waals surface area contributed by atoms with Crippen LogP contribution < -0.4 is 4.74 Å². The van der Waals surface area contributed by atoms with Gasteiger partial charge in [0.1, 0.15) is 0 Å². The fraction of sp³-hybridized carbons (Fsp3) is 0.300. The molecule has 4 nitrogen and oxygen atoms in total. The zero-order valence-corrected chi connectivity index (χ0v) is 16.3. The van der Waals surface area contributed by atoms with Crippen LogP contribution in [-0.2, 0) is 0 Å². The number of fused-ring (bicyclic) bond motifs is 1. The number of nitrogens with zero attached hydrogens (tertiary/aromatic N) is 3. The van der Waals surface area contributed by atoms with Gasteiger partial charge in [0, 0.05) is 0 Å². The molecule has 1 aliphatic rings. The molecule has 3 aromatic rings. The molecule has 3 atom stereocenters. The van der Waals surface area contributed by atoms with E-state index in [2.05, 4.69) is 70.5 Å². The molecule has 4 rings (SSSR count). The van der Waals surface area contributed by atoms with Gasteiger partial charge in [-0.15, -0.1) is 0 Å². The fourth-order valence-corrected chi connectivity index (χ4v) is 5.87. The second kappa shape index (κ2) is 6.75. The monoisotopic (exact) mass is 399 g/mol. The van der Waals surface area contributed by atoms with Gasteiger partial charge in [0.05, 0.1) is 0 Å². The fourth-order valence-electron chi connectivity index (χ4n) is 3.90. The molecule has 2 aromatic carbocycles. The summed E-state index contributed by atoms with van der Waals surface area (Å²) in [4.78, 5) is 2.48. The summed E-state index contributed by atoms with van der Waals surface area (Å²) in [5.41, 5.74) is 3.79. The van der Waals surface area contributed by atoms with Gasteiger partial charge in [-0.05, 0) is 0 Å². The Morgan fingerprint density at radius 1 is 1.00 bits per heavy atom. The molecule has 0 bridgehead atoms. The molecule has 1 aliphatic heterocycles. The van der Waals surface area contributed by atoms with Gasteiger partial charge >= 0.3 is 154 Å². The molecular weight excluding hydrogens is 377 g/mol. The van der Waals surface area contributed by atoms with Gasteiger partial charge in [-0.3, -0.25) is 0 Å². The van der Waals surface area contributed by atoms with E-state index in [0.29, 0.717) is 12.0 Å². The Morgan fingerprint density at radius 2 is 1.72 bits per heavy atom. The van der Waals surface area contributed by atoms with Crippen molar-refractivity contribution in [2.24, 2.45) is 0 Å². The Morgan fingerprint density at radius 3 is 2.40 bits per heavy atom. The van der Waals surface area contributed by atoms with Gasteiger partial charge in [-0.2, -0.15) is 0 Å². The third-order valence-corrected chi connectivity index (χ3v) is 6.77. The summed E-state index contributed by atoms with van der Waals surface area (Å²) in [6.07, 6.45) is 0. The Labute approximate surface area is 154 Å². The maximum atomic E-state index is 5.32. The van der Waals surface area contributed by atoms with E-state index in [9.17, 15) is 0 Å². The van der Waals surface area contributed by atoms with Gasteiger partial charge in [0.15, 0.2) is 0 Å². The van der Waals surface area contributed by atoms with Crippen LogP contribution in [0.2, 0.25) is 0 Å². The van der Waals surface area contributed by atoms with Crippen LogP contribution in [-0.4, -0.2) is 43.0 Å². The van der Waals surface area contributed by atoms with E-state index < -0.39 is 0 Å². The molecular formula is C20H21N3OSe. The number of hydrogen-bond donors (Lipinski definition) is 0. The topological polar surface area (TPSA) is 38.3 Å². The predicted molar refractivity (Wildman–Crippen MR) is 99.2 cm³/mol. The van der Waals surface area contributed by atoms with Gasteiger partial charge in [0.25, 0.3) is 0 Å². The van der Waals surface area contributed by atoms with Gasteiger partial charge < -0.3 is 0 Å². The number of rotatable bonds is 3. The van der Waals surface area contributed by atoms with Crippen LogP contribution in [0.5, 0.6) is 5.75 Å². The maximum absolute atomic E-state index is 5.32. The Bertz CT molecular complexity index is 847. The van der Waals surface area contributed by atoms with Crippen molar-refractivity contribution in [2.45, 2.75) is 24.9 Å². The average molecular weight is 398 g/mol. The van der Waals surface area contributed by atoms with Crippen LogP contribution in [0.1, 0.15) is 46.2 Å². The van der Waals surface area contributed by atoms with E-state index in [1.807, 2.05) is 12.1 Å². The zero-order chi connectivity index (χ0) is 17.4. The number of methoxy groups -OCH3 is 1. The van der Waals surface area contributed by atoms with Crippen LogP contribution in [0, 0.1) is 0 Å². The summed E-state index contributed by atoms with van der Waals surface area (Å²) in [5, 5.41) is 4.54. The Hall–Kier alpha value is -1.94.